The Morgan fingerprint density at radius 3 is 2.49 bits per heavy atom. The van der Waals surface area contributed by atoms with Gasteiger partial charge >= 0.3 is 5.97 Å². The van der Waals surface area contributed by atoms with E-state index in [1.807, 2.05) is 24.3 Å². The van der Waals surface area contributed by atoms with Crippen molar-refractivity contribution in [2.45, 2.75) is 19.3 Å². The highest BCUT2D eigenvalue weighted by atomic mass is 16.4. The molecule has 0 aliphatic carbocycles. The highest BCUT2D eigenvalue weighted by Crippen LogP contribution is 2.28. The van der Waals surface area contributed by atoms with Gasteiger partial charge in [-0.15, -0.1) is 0 Å². The Morgan fingerprint density at radius 2 is 1.81 bits per heavy atom. The average molecular weight is 504 g/mol. The zero-order valence-electron chi connectivity index (χ0n) is 20.4. The number of aliphatic carboxylic acids is 1. The normalized spacial score (nSPS) is 17.1. The molecule has 37 heavy (non-hydrogen) atoms. The lowest BCUT2D eigenvalue weighted by Gasteiger charge is -2.33. The fourth-order valence-electron chi connectivity index (χ4n) is 4.96. The standard InChI is InChI=1S/C25H29N9O3/c26-7-10-32-11-13-34(14-12-32)25-29-20-16-27-31-24(37)22(20)23(30-25)28-18-1-3-19(4-2-18)33-8-5-17(6-9-33)15-21(35)36/h1-4,16-17H,5-6,8-15H2,(H,31,37)(H,35,36)(H,28,29,30). The van der Waals surface area contributed by atoms with E-state index in [0.29, 0.717) is 42.3 Å². The molecule has 12 nitrogen and oxygen atoms in total. The largest absolute Gasteiger partial charge is 0.481 e. The fraction of sp³-hybridized carbons (Fsp3) is 0.440. The maximum atomic E-state index is 12.6. The number of H-pyrrole nitrogens is 1. The number of hydrogen-bond donors (Lipinski definition) is 3. The van der Waals surface area contributed by atoms with Crippen molar-refractivity contribution < 1.29 is 9.90 Å². The molecular weight excluding hydrogens is 474 g/mol. The maximum absolute atomic E-state index is 12.6. The van der Waals surface area contributed by atoms with Gasteiger partial charge in [0.05, 0.1) is 18.8 Å². The lowest BCUT2D eigenvalue weighted by atomic mass is 9.93. The number of hydrogen-bond acceptors (Lipinski definition) is 10. The summed E-state index contributed by atoms with van der Waals surface area (Å²) in [5, 5.41) is 28.0. The summed E-state index contributed by atoms with van der Waals surface area (Å²) in [5.41, 5.74) is 1.94. The first kappa shape index (κ1) is 24.5. The van der Waals surface area contributed by atoms with Gasteiger partial charge in [0.15, 0.2) is 0 Å². The molecule has 4 heterocycles. The molecule has 0 radical (unpaired) electrons. The Kier molecular flexibility index (Phi) is 7.14. The second-order valence-corrected chi connectivity index (χ2v) is 9.45. The van der Waals surface area contributed by atoms with E-state index < -0.39 is 5.97 Å². The Morgan fingerprint density at radius 1 is 1.08 bits per heavy atom. The lowest BCUT2D eigenvalue weighted by Crippen LogP contribution is -2.47. The monoisotopic (exact) mass is 503 g/mol. The molecule has 2 aliphatic rings. The van der Waals surface area contributed by atoms with Crippen LogP contribution < -0.4 is 20.7 Å². The Bertz CT molecular complexity index is 1350. The van der Waals surface area contributed by atoms with Crippen molar-refractivity contribution in [3.05, 3.63) is 40.8 Å². The molecule has 0 saturated carbocycles. The molecule has 2 saturated heterocycles. The van der Waals surface area contributed by atoms with Crippen molar-refractivity contribution in [2.75, 3.05) is 60.9 Å². The molecule has 2 aliphatic heterocycles. The smallest absolute Gasteiger partial charge is 0.303 e. The number of rotatable bonds is 7. The zero-order valence-corrected chi connectivity index (χ0v) is 20.4. The highest BCUT2D eigenvalue weighted by molar-refractivity contribution is 5.90. The van der Waals surface area contributed by atoms with E-state index in [0.717, 1.165) is 50.4 Å². The summed E-state index contributed by atoms with van der Waals surface area (Å²) < 4.78 is 0. The van der Waals surface area contributed by atoms with Crippen LogP contribution in [-0.2, 0) is 4.79 Å². The number of aromatic amines is 1. The van der Waals surface area contributed by atoms with Gasteiger partial charge in [-0.2, -0.15) is 15.3 Å². The van der Waals surface area contributed by atoms with Crippen LogP contribution in [0.3, 0.4) is 0 Å². The number of fused-ring (bicyclic) bond motifs is 1. The topological polar surface area (TPSA) is 154 Å². The second-order valence-electron chi connectivity index (χ2n) is 9.45. The van der Waals surface area contributed by atoms with Gasteiger partial charge in [0.1, 0.15) is 16.7 Å². The summed E-state index contributed by atoms with van der Waals surface area (Å²) in [5.74, 6) is 0.423. The number of carbonyl (C=O) groups is 1. The quantitative estimate of drug-likeness (QED) is 0.404. The van der Waals surface area contributed by atoms with E-state index in [-0.39, 0.29) is 17.9 Å². The fourth-order valence-corrected chi connectivity index (χ4v) is 4.96. The summed E-state index contributed by atoms with van der Waals surface area (Å²) in [6.07, 6.45) is 3.49. The molecule has 3 N–H and O–H groups in total. The summed E-state index contributed by atoms with van der Waals surface area (Å²) >= 11 is 0. The van der Waals surface area contributed by atoms with Gasteiger partial charge in [-0.05, 0) is 43.0 Å². The zero-order chi connectivity index (χ0) is 25.8. The van der Waals surface area contributed by atoms with Crippen molar-refractivity contribution in [2.24, 2.45) is 5.92 Å². The predicted octanol–water partition coefficient (Wildman–Crippen LogP) is 1.79. The number of carboxylic acid groups (broad SMARTS) is 1. The minimum atomic E-state index is -0.731. The summed E-state index contributed by atoms with van der Waals surface area (Å²) in [6, 6.07) is 10.1. The van der Waals surface area contributed by atoms with E-state index in [9.17, 15) is 9.59 Å². The van der Waals surface area contributed by atoms with Gasteiger partial charge in [-0.3, -0.25) is 14.5 Å². The van der Waals surface area contributed by atoms with E-state index in [2.05, 4.69) is 41.3 Å². The number of piperidine rings is 1. The van der Waals surface area contributed by atoms with E-state index in [1.54, 1.807) is 0 Å². The Labute approximate surface area is 213 Å². The maximum Gasteiger partial charge on any atom is 0.303 e. The molecule has 0 spiro atoms. The minimum Gasteiger partial charge on any atom is -0.481 e. The molecule has 5 rings (SSSR count). The molecule has 192 valence electrons. The van der Waals surface area contributed by atoms with E-state index in [4.69, 9.17) is 15.4 Å². The molecule has 0 unspecified atom stereocenters. The van der Waals surface area contributed by atoms with Gasteiger partial charge in [0.2, 0.25) is 5.95 Å². The number of piperazine rings is 1. The van der Waals surface area contributed by atoms with Crippen molar-refractivity contribution in [1.82, 2.24) is 25.1 Å². The first-order valence-corrected chi connectivity index (χ1v) is 12.4. The molecular formula is C25H29N9O3. The van der Waals surface area contributed by atoms with Gasteiger partial charge in [-0.1, -0.05) is 0 Å². The second kappa shape index (κ2) is 10.8. The molecule has 0 amide bonds. The number of nitriles is 1. The summed E-state index contributed by atoms with van der Waals surface area (Å²) in [4.78, 5) is 39.3. The summed E-state index contributed by atoms with van der Waals surface area (Å²) in [7, 11) is 0. The predicted molar refractivity (Wildman–Crippen MR) is 139 cm³/mol. The molecule has 1 aromatic carbocycles. The number of carboxylic acids is 1. The van der Waals surface area contributed by atoms with E-state index >= 15 is 0 Å². The third kappa shape index (κ3) is 5.62. The SMILES string of the molecule is N#CCN1CCN(c2nc(Nc3ccc(N4CCC(CC(=O)O)CC4)cc3)c3c(=O)[nH]ncc3n2)CC1. The van der Waals surface area contributed by atoms with Crippen LogP contribution >= 0.6 is 0 Å². The molecule has 0 atom stereocenters. The summed E-state index contributed by atoms with van der Waals surface area (Å²) in [6.45, 7) is 4.89. The first-order valence-electron chi connectivity index (χ1n) is 12.4. The van der Waals surface area contributed by atoms with Crippen LogP contribution in [0.4, 0.5) is 23.1 Å². The van der Waals surface area contributed by atoms with Crippen LogP contribution in [-0.4, -0.2) is 82.0 Å². The van der Waals surface area contributed by atoms with Gasteiger partial charge in [0.25, 0.3) is 5.56 Å². The van der Waals surface area contributed by atoms with Gasteiger partial charge in [0, 0.05) is 57.1 Å². The third-order valence-corrected chi connectivity index (χ3v) is 7.03. The van der Waals surface area contributed by atoms with E-state index in [1.165, 1.54) is 6.20 Å². The number of benzene rings is 1. The highest BCUT2D eigenvalue weighted by Gasteiger charge is 2.23. The van der Waals surface area contributed by atoms with Crippen molar-refractivity contribution >= 4 is 40.0 Å². The van der Waals surface area contributed by atoms with Crippen LogP contribution in [0.5, 0.6) is 0 Å². The number of aromatic nitrogens is 4. The third-order valence-electron chi connectivity index (χ3n) is 7.03. The Hall–Kier alpha value is -4.24. The first-order chi connectivity index (χ1) is 18.0. The van der Waals surface area contributed by atoms with Crippen LogP contribution in [0.1, 0.15) is 19.3 Å². The van der Waals surface area contributed by atoms with Crippen LogP contribution in [0.2, 0.25) is 0 Å². The van der Waals surface area contributed by atoms with Crippen molar-refractivity contribution in [3.63, 3.8) is 0 Å². The number of anilines is 4. The van der Waals surface area contributed by atoms with Crippen molar-refractivity contribution in [3.8, 4) is 6.07 Å². The van der Waals surface area contributed by atoms with Gasteiger partial charge < -0.3 is 20.2 Å². The van der Waals surface area contributed by atoms with Crippen LogP contribution in [0, 0.1) is 17.2 Å². The van der Waals surface area contributed by atoms with Crippen LogP contribution in [0.15, 0.2) is 35.3 Å². The molecule has 3 aromatic rings. The Balaban J connectivity index is 1.33. The van der Waals surface area contributed by atoms with Gasteiger partial charge in [-0.25, -0.2) is 10.1 Å². The average Bonchev–Trinajstić information content (AvgIpc) is 2.90. The minimum absolute atomic E-state index is 0.232. The molecule has 2 fully saturated rings. The molecule has 12 heteroatoms. The number of nitrogens with one attached hydrogen (secondary N) is 2. The van der Waals surface area contributed by atoms with Crippen molar-refractivity contribution in [1.29, 1.82) is 5.26 Å². The molecule has 2 aromatic heterocycles. The van der Waals surface area contributed by atoms with Crippen LogP contribution in [0.25, 0.3) is 10.9 Å². The lowest BCUT2D eigenvalue weighted by molar-refractivity contribution is -0.138. The molecule has 0 bridgehead atoms. The number of nitrogens with zero attached hydrogens (tertiary/aromatic N) is 7.